The van der Waals surface area contributed by atoms with Crippen molar-refractivity contribution in [3.63, 3.8) is 0 Å². The summed E-state index contributed by atoms with van der Waals surface area (Å²) in [6.45, 7) is 0.268. The maximum absolute atomic E-state index is 12.1. The van der Waals surface area contributed by atoms with Gasteiger partial charge in [0.1, 0.15) is 5.56 Å². The molecule has 1 aromatic carbocycles. The summed E-state index contributed by atoms with van der Waals surface area (Å²) in [5.74, 6) is -0.282. The van der Waals surface area contributed by atoms with Gasteiger partial charge in [0.25, 0.3) is 11.5 Å². The van der Waals surface area contributed by atoms with Crippen LogP contribution in [-0.4, -0.2) is 37.4 Å². The van der Waals surface area contributed by atoms with Crippen LogP contribution in [-0.2, 0) is 9.84 Å². The number of sulfone groups is 1. The molecule has 7 heteroatoms. The number of carbonyl (C=O) groups excluding carboxylic acids is 1. The van der Waals surface area contributed by atoms with Crippen LogP contribution in [0.25, 0.3) is 10.9 Å². The number of aromatic nitrogens is 1. The Bertz CT molecular complexity index is 886. The van der Waals surface area contributed by atoms with Crippen LogP contribution in [0.5, 0.6) is 0 Å². The first-order valence-corrected chi connectivity index (χ1v) is 8.87. The lowest BCUT2D eigenvalue weighted by molar-refractivity contribution is 0.0947. The van der Waals surface area contributed by atoms with Crippen LogP contribution in [0, 0.1) is 5.92 Å². The first-order valence-electron chi connectivity index (χ1n) is 7.05. The largest absolute Gasteiger partial charge is 0.352 e. The van der Waals surface area contributed by atoms with Gasteiger partial charge < -0.3 is 10.3 Å². The van der Waals surface area contributed by atoms with Crippen molar-refractivity contribution in [1.82, 2.24) is 10.3 Å². The van der Waals surface area contributed by atoms with E-state index in [1.54, 1.807) is 18.2 Å². The van der Waals surface area contributed by atoms with E-state index in [0.717, 1.165) is 5.39 Å². The Morgan fingerprint density at radius 2 is 2.09 bits per heavy atom. The molecule has 1 saturated heterocycles. The average Bonchev–Trinajstić information content (AvgIpc) is 2.83. The lowest BCUT2D eigenvalue weighted by Crippen LogP contribution is -2.33. The van der Waals surface area contributed by atoms with E-state index in [2.05, 4.69) is 10.3 Å². The van der Waals surface area contributed by atoms with Crippen LogP contribution in [0.3, 0.4) is 0 Å². The number of para-hydroxylation sites is 1. The quantitative estimate of drug-likeness (QED) is 0.870. The first-order chi connectivity index (χ1) is 10.4. The van der Waals surface area contributed by atoms with Crippen molar-refractivity contribution < 1.29 is 13.2 Å². The molecule has 0 spiro atoms. The van der Waals surface area contributed by atoms with E-state index in [4.69, 9.17) is 0 Å². The van der Waals surface area contributed by atoms with E-state index in [1.807, 2.05) is 12.1 Å². The average molecular weight is 320 g/mol. The van der Waals surface area contributed by atoms with E-state index in [1.165, 1.54) is 0 Å². The number of rotatable bonds is 3. The minimum Gasteiger partial charge on any atom is -0.352 e. The SMILES string of the molecule is O=C(NCC1CCS(=O)(=O)C1)c1cc2ccccc2[nH]c1=O. The third kappa shape index (κ3) is 3.04. The molecule has 3 rings (SSSR count). The molecule has 6 nitrogen and oxygen atoms in total. The summed E-state index contributed by atoms with van der Waals surface area (Å²) >= 11 is 0. The number of benzene rings is 1. The monoisotopic (exact) mass is 320 g/mol. The molecular weight excluding hydrogens is 304 g/mol. The van der Waals surface area contributed by atoms with Gasteiger partial charge in [0.05, 0.1) is 11.5 Å². The van der Waals surface area contributed by atoms with E-state index >= 15 is 0 Å². The summed E-state index contributed by atoms with van der Waals surface area (Å²) < 4.78 is 22.8. The molecule has 1 aromatic heterocycles. The fourth-order valence-electron chi connectivity index (χ4n) is 2.68. The Kier molecular flexibility index (Phi) is 3.74. The third-order valence-corrected chi connectivity index (χ3v) is 5.71. The van der Waals surface area contributed by atoms with Crippen molar-refractivity contribution in [3.8, 4) is 0 Å². The summed E-state index contributed by atoms with van der Waals surface area (Å²) in [5.41, 5.74) is 0.265. The zero-order valence-electron chi connectivity index (χ0n) is 11.8. The number of H-pyrrole nitrogens is 1. The van der Waals surface area contributed by atoms with Gasteiger partial charge >= 0.3 is 0 Å². The van der Waals surface area contributed by atoms with Crippen LogP contribution in [0.4, 0.5) is 0 Å². The third-order valence-electron chi connectivity index (χ3n) is 3.88. The normalized spacial score (nSPS) is 20.1. The Balaban J connectivity index is 1.75. The number of fused-ring (bicyclic) bond motifs is 1. The molecular formula is C15H16N2O4S. The van der Waals surface area contributed by atoms with Gasteiger partial charge in [-0.2, -0.15) is 0 Å². The fourth-order valence-corrected chi connectivity index (χ4v) is 4.54. The molecule has 0 saturated carbocycles. The Hall–Kier alpha value is -2.15. The summed E-state index contributed by atoms with van der Waals surface area (Å²) in [4.78, 5) is 26.8. The van der Waals surface area contributed by atoms with Crippen molar-refractivity contribution in [2.24, 2.45) is 5.92 Å². The van der Waals surface area contributed by atoms with Gasteiger partial charge in [0, 0.05) is 12.1 Å². The number of aromatic amines is 1. The van der Waals surface area contributed by atoms with Gasteiger partial charge in [0.2, 0.25) is 0 Å². The van der Waals surface area contributed by atoms with Crippen LogP contribution in [0.1, 0.15) is 16.8 Å². The topological polar surface area (TPSA) is 96.1 Å². The molecule has 22 heavy (non-hydrogen) atoms. The summed E-state index contributed by atoms with van der Waals surface area (Å²) in [6.07, 6.45) is 0.552. The molecule has 1 amide bonds. The van der Waals surface area contributed by atoms with Crippen LogP contribution >= 0.6 is 0 Å². The molecule has 0 bridgehead atoms. The minimum atomic E-state index is -2.96. The van der Waals surface area contributed by atoms with Crippen LogP contribution < -0.4 is 10.9 Å². The fraction of sp³-hybridized carbons (Fsp3) is 0.333. The molecule has 1 aliphatic rings. The molecule has 1 aliphatic heterocycles. The number of pyridine rings is 1. The maximum Gasteiger partial charge on any atom is 0.261 e. The van der Waals surface area contributed by atoms with Crippen LogP contribution in [0.15, 0.2) is 35.1 Å². The molecule has 0 radical (unpaired) electrons. The predicted octanol–water partition coefficient (Wildman–Crippen LogP) is 0.693. The zero-order valence-corrected chi connectivity index (χ0v) is 12.7. The van der Waals surface area contributed by atoms with Crippen LogP contribution in [0.2, 0.25) is 0 Å². The first kappa shape index (κ1) is 14.8. The minimum absolute atomic E-state index is 0.0413. The second kappa shape index (κ2) is 5.57. The highest BCUT2D eigenvalue weighted by molar-refractivity contribution is 7.91. The molecule has 116 valence electrons. The highest BCUT2D eigenvalue weighted by Gasteiger charge is 2.28. The molecule has 1 unspecified atom stereocenters. The van der Waals surface area contributed by atoms with Crippen molar-refractivity contribution in [2.75, 3.05) is 18.1 Å². The van der Waals surface area contributed by atoms with E-state index < -0.39 is 21.3 Å². The Labute approximate surface area is 127 Å². The smallest absolute Gasteiger partial charge is 0.261 e. The number of carbonyl (C=O) groups is 1. The highest BCUT2D eigenvalue weighted by Crippen LogP contribution is 2.17. The zero-order chi connectivity index (χ0) is 15.7. The van der Waals surface area contributed by atoms with E-state index in [0.29, 0.717) is 11.9 Å². The molecule has 2 aromatic rings. The molecule has 2 N–H and O–H groups in total. The lowest BCUT2D eigenvalue weighted by Gasteiger charge is -2.09. The van der Waals surface area contributed by atoms with Crippen molar-refractivity contribution in [1.29, 1.82) is 0 Å². The van der Waals surface area contributed by atoms with Crippen molar-refractivity contribution in [3.05, 3.63) is 46.2 Å². The van der Waals surface area contributed by atoms with E-state index in [9.17, 15) is 18.0 Å². The van der Waals surface area contributed by atoms with Crippen molar-refractivity contribution >= 4 is 26.6 Å². The molecule has 0 aliphatic carbocycles. The Morgan fingerprint density at radius 1 is 1.32 bits per heavy atom. The molecule has 2 heterocycles. The van der Waals surface area contributed by atoms with Gasteiger partial charge in [-0.15, -0.1) is 0 Å². The van der Waals surface area contributed by atoms with E-state index in [-0.39, 0.29) is 29.5 Å². The van der Waals surface area contributed by atoms with Gasteiger partial charge in [-0.3, -0.25) is 9.59 Å². The second-order valence-electron chi connectivity index (χ2n) is 5.58. The van der Waals surface area contributed by atoms with Gasteiger partial charge in [-0.1, -0.05) is 18.2 Å². The summed E-state index contributed by atoms with van der Waals surface area (Å²) in [6, 6.07) is 8.76. The molecule has 1 fully saturated rings. The number of hydrogen-bond donors (Lipinski definition) is 2. The number of amides is 1. The van der Waals surface area contributed by atoms with Gasteiger partial charge in [0.15, 0.2) is 9.84 Å². The predicted molar refractivity (Wildman–Crippen MR) is 83.7 cm³/mol. The summed E-state index contributed by atoms with van der Waals surface area (Å²) in [7, 11) is -2.96. The number of hydrogen-bond acceptors (Lipinski definition) is 4. The summed E-state index contributed by atoms with van der Waals surface area (Å²) in [5, 5.41) is 3.43. The van der Waals surface area contributed by atoms with Crippen molar-refractivity contribution in [2.45, 2.75) is 6.42 Å². The molecule has 1 atom stereocenters. The van der Waals surface area contributed by atoms with Gasteiger partial charge in [-0.05, 0) is 29.9 Å². The second-order valence-corrected chi connectivity index (χ2v) is 7.81. The lowest BCUT2D eigenvalue weighted by atomic mass is 10.1. The standard InChI is InChI=1S/C15H16N2O4S/c18-14(16-8-10-5-6-22(20,21)9-10)12-7-11-3-1-2-4-13(11)17-15(12)19/h1-4,7,10H,5-6,8-9H2,(H,16,18)(H,17,19). The highest BCUT2D eigenvalue weighted by atomic mass is 32.2. The van der Waals surface area contributed by atoms with Gasteiger partial charge in [-0.25, -0.2) is 8.42 Å². The number of nitrogens with one attached hydrogen (secondary N) is 2. The Morgan fingerprint density at radius 3 is 2.82 bits per heavy atom. The maximum atomic E-state index is 12.1.